The zero-order valence-corrected chi connectivity index (χ0v) is 23.7. The highest BCUT2D eigenvalue weighted by Gasteiger charge is 2.39. The molecular formula is C29H37F3N2O4S. The molecule has 39 heavy (non-hydrogen) atoms. The number of hydrogen-bond donors (Lipinski definition) is 1. The number of amides is 1. The number of ether oxygens (including phenoxy) is 1. The van der Waals surface area contributed by atoms with Gasteiger partial charge in [0.15, 0.2) is 0 Å². The summed E-state index contributed by atoms with van der Waals surface area (Å²) in [4.78, 5) is 33.0. The molecule has 0 aromatic carbocycles. The van der Waals surface area contributed by atoms with Crippen molar-refractivity contribution in [3.05, 3.63) is 39.7 Å². The SMILES string of the molecule is CC(C)(C)c1cc(N(C(=O)[C@H]2CC[C@H](C)CC2)[C@H]2CC[C@H](Oc3ccc(C(F)(F)F)cn3)CC2)c(C(=O)O)s1. The molecule has 0 spiro atoms. The van der Waals surface area contributed by atoms with Crippen molar-refractivity contribution in [2.24, 2.45) is 11.8 Å². The first kappa shape index (κ1) is 29.4. The third kappa shape index (κ3) is 6.94. The quantitative estimate of drug-likeness (QED) is 0.387. The van der Waals surface area contributed by atoms with Crippen LogP contribution in [-0.4, -0.2) is 34.1 Å². The Hall–Kier alpha value is -2.62. The number of alkyl halides is 3. The fraction of sp³-hybridized carbons (Fsp3) is 0.621. The third-order valence-electron chi connectivity index (χ3n) is 7.87. The van der Waals surface area contributed by atoms with Gasteiger partial charge in [-0.2, -0.15) is 13.2 Å². The molecule has 214 valence electrons. The number of carboxylic acids is 1. The van der Waals surface area contributed by atoms with E-state index in [1.54, 1.807) is 4.90 Å². The average Bonchev–Trinajstić information content (AvgIpc) is 3.31. The maximum absolute atomic E-state index is 14.0. The Kier molecular flexibility index (Phi) is 8.64. The highest BCUT2D eigenvalue weighted by molar-refractivity contribution is 7.14. The Balaban J connectivity index is 1.55. The predicted molar refractivity (Wildman–Crippen MR) is 144 cm³/mol. The van der Waals surface area contributed by atoms with Gasteiger partial charge >= 0.3 is 12.1 Å². The van der Waals surface area contributed by atoms with E-state index in [-0.39, 0.29) is 40.1 Å². The fourth-order valence-corrected chi connectivity index (χ4v) is 6.54. The summed E-state index contributed by atoms with van der Waals surface area (Å²) in [6.45, 7) is 8.28. The van der Waals surface area contributed by atoms with Crippen molar-refractivity contribution in [2.75, 3.05) is 4.90 Å². The molecule has 10 heteroatoms. The zero-order chi connectivity index (χ0) is 28.5. The van der Waals surface area contributed by atoms with Gasteiger partial charge in [0, 0.05) is 29.1 Å². The minimum Gasteiger partial charge on any atom is -0.477 e. The summed E-state index contributed by atoms with van der Waals surface area (Å²) >= 11 is 1.23. The van der Waals surface area contributed by atoms with Gasteiger partial charge in [0.25, 0.3) is 0 Å². The lowest BCUT2D eigenvalue weighted by molar-refractivity contribution is -0.137. The Labute approximate surface area is 231 Å². The van der Waals surface area contributed by atoms with Crippen LogP contribution in [0.15, 0.2) is 24.4 Å². The molecule has 1 amide bonds. The van der Waals surface area contributed by atoms with Crippen LogP contribution in [0.2, 0.25) is 0 Å². The number of carbonyl (C=O) groups excluding carboxylic acids is 1. The van der Waals surface area contributed by atoms with Crippen molar-refractivity contribution in [1.29, 1.82) is 0 Å². The van der Waals surface area contributed by atoms with E-state index in [9.17, 15) is 27.9 Å². The summed E-state index contributed by atoms with van der Waals surface area (Å²) in [6, 6.07) is 3.88. The van der Waals surface area contributed by atoms with Crippen molar-refractivity contribution in [3.8, 4) is 5.88 Å². The number of thiophene rings is 1. The molecule has 2 saturated carbocycles. The number of carbonyl (C=O) groups is 2. The molecule has 4 rings (SSSR count). The average molecular weight is 567 g/mol. The molecule has 2 aromatic rings. The maximum Gasteiger partial charge on any atom is 0.417 e. The molecule has 1 N–H and O–H groups in total. The van der Waals surface area contributed by atoms with E-state index in [1.807, 2.05) is 26.8 Å². The van der Waals surface area contributed by atoms with E-state index in [0.29, 0.717) is 37.3 Å². The predicted octanol–water partition coefficient (Wildman–Crippen LogP) is 7.71. The number of anilines is 1. The topological polar surface area (TPSA) is 79.7 Å². The minimum absolute atomic E-state index is 0.00330. The molecule has 0 radical (unpaired) electrons. The summed E-state index contributed by atoms with van der Waals surface area (Å²) in [6.07, 6.45) is 1.98. The number of hydrogen-bond acceptors (Lipinski definition) is 5. The molecule has 2 heterocycles. The molecule has 0 unspecified atom stereocenters. The van der Waals surface area contributed by atoms with Gasteiger partial charge in [-0.1, -0.05) is 27.7 Å². The summed E-state index contributed by atoms with van der Waals surface area (Å²) in [5.41, 5.74) is -0.610. The molecule has 2 aliphatic carbocycles. The first-order valence-corrected chi connectivity index (χ1v) is 14.5. The van der Waals surface area contributed by atoms with Gasteiger partial charge in [-0.15, -0.1) is 11.3 Å². The van der Waals surface area contributed by atoms with Crippen LogP contribution in [0, 0.1) is 11.8 Å². The number of halogens is 3. The van der Waals surface area contributed by atoms with E-state index in [1.165, 1.54) is 17.4 Å². The molecule has 0 bridgehead atoms. The molecule has 2 aromatic heterocycles. The molecule has 2 fully saturated rings. The minimum atomic E-state index is -4.46. The van der Waals surface area contributed by atoms with Crippen LogP contribution in [-0.2, 0) is 16.4 Å². The number of aromatic carboxylic acids is 1. The second kappa shape index (κ2) is 11.5. The fourth-order valence-electron chi connectivity index (χ4n) is 5.49. The van der Waals surface area contributed by atoms with Crippen molar-refractivity contribution < 1.29 is 32.6 Å². The highest BCUT2D eigenvalue weighted by Crippen LogP contribution is 2.42. The maximum atomic E-state index is 14.0. The van der Waals surface area contributed by atoms with Crippen LogP contribution < -0.4 is 9.64 Å². The Morgan fingerprint density at radius 1 is 1.03 bits per heavy atom. The molecule has 2 aliphatic rings. The lowest BCUT2D eigenvalue weighted by Crippen LogP contribution is -2.47. The number of rotatable bonds is 6. The molecule has 0 aliphatic heterocycles. The van der Waals surface area contributed by atoms with Crippen LogP contribution in [0.5, 0.6) is 5.88 Å². The van der Waals surface area contributed by atoms with Gasteiger partial charge in [-0.05, 0) is 74.8 Å². The lowest BCUT2D eigenvalue weighted by Gasteiger charge is -2.39. The Morgan fingerprint density at radius 3 is 2.18 bits per heavy atom. The second-order valence-electron chi connectivity index (χ2n) is 12.0. The number of carboxylic acid groups (broad SMARTS) is 1. The number of nitrogens with zero attached hydrogens (tertiary/aromatic N) is 2. The molecule has 0 atom stereocenters. The zero-order valence-electron chi connectivity index (χ0n) is 22.9. The van der Waals surface area contributed by atoms with Gasteiger partial charge in [0.1, 0.15) is 11.0 Å². The van der Waals surface area contributed by atoms with Crippen molar-refractivity contribution in [1.82, 2.24) is 4.98 Å². The summed E-state index contributed by atoms with van der Waals surface area (Å²) in [5, 5.41) is 10.1. The second-order valence-corrected chi connectivity index (χ2v) is 13.0. The van der Waals surface area contributed by atoms with Gasteiger partial charge in [-0.25, -0.2) is 9.78 Å². The van der Waals surface area contributed by atoms with E-state index in [4.69, 9.17) is 4.74 Å². The van der Waals surface area contributed by atoms with E-state index in [2.05, 4.69) is 11.9 Å². The summed E-state index contributed by atoms with van der Waals surface area (Å²) < 4.78 is 44.4. The molecule has 0 saturated heterocycles. The van der Waals surface area contributed by atoms with Crippen LogP contribution >= 0.6 is 11.3 Å². The largest absolute Gasteiger partial charge is 0.477 e. The number of pyridine rings is 1. The Bertz CT molecular complexity index is 1160. The van der Waals surface area contributed by atoms with Crippen molar-refractivity contribution in [3.63, 3.8) is 0 Å². The molecule has 6 nitrogen and oxygen atoms in total. The summed E-state index contributed by atoms with van der Waals surface area (Å²) in [5.74, 6) is -0.456. The van der Waals surface area contributed by atoms with Crippen LogP contribution in [0.25, 0.3) is 0 Å². The monoisotopic (exact) mass is 566 g/mol. The smallest absolute Gasteiger partial charge is 0.417 e. The molecular weight excluding hydrogens is 529 g/mol. The normalized spacial score (nSPS) is 24.3. The first-order chi connectivity index (χ1) is 18.2. The summed E-state index contributed by atoms with van der Waals surface area (Å²) in [7, 11) is 0. The van der Waals surface area contributed by atoms with Gasteiger partial charge < -0.3 is 14.7 Å². The van der Waals surface area contributed by atoms with Crippen LogP contribution in [0.4, 0.5) is 18.9 Å². The van der Waals surface area contributed by atoms with E-state index in [0.717, 1.165) is 42.8 Å². The van der Waals surface area contributed by atoms with Gasteiger partial charge in [-0.3, -0.25) is 4.79 Å². The van der Waals surface area contributed by atoms with Crippen LogP contribution in [0.3, 0.4) is 0 Å². The lowest BCUT2D eigenvalue weighted by atomic mass is 9.81. The standard InChI is InChI=1S/C29H37F3N2O4S/c1-17-5-7-18(8-6-17)26(35)34(22-15-23(28(2,3)4)39-25(22)27(36)37)20-10-12-21(13-11-20)38-24-14-9-19(16-33-24)29(30,31)32/h9,14-18,20-21H,5-8,10-13H2,1-4H3,(H,36,37)/t17-,18-,20-,21-. The first-order valence-electron chi connectivity index (χ1n) is 13.6. The van der Waals surface area contributed by atoms with Gasteiger partial charge in [0.2, 0.25) is 11.8 Å². The van der Waals surface area contributed by atoms with Crippen molar-refractivity contribution in [2.45, 2.75) is 103 Å². The van der Waals surface area contributed by atoms with Gasteiger partial charge in [0.05, 0.1) is 11.3 Å². The highest BCUT2D eigenvalue weighted by atomic mass is 32.1. The van der Waals surface area contributed by atoms with Crippen molar-refractivity contribution >= 4 is 28.9 Å². The third-order valence-corrected chi connectivity index (χ3v) is 9.41. The number of aromatic nitrogens is 1. The van der Waals surface area contributed by atoms with Crippen LogP contribution in [0.1, 0.15) is 99.2 Å². The van der Waals surface area contributed by atoms with E-state index >= 15 is 0 Å². The van der Waals surface area contributed by atoms with E-state index < -0.39 is 17.7 Å². The Morgan fingerprint density at radius 2 is 1.67 bits per heavy atom.